The van der Waals surface area contributed by atoms with Gasteiger partial charge < -0.3 is 4.89 Å². The van der Waals surface area contributed by atoms with Gasteiger partial charge in [-0.1, -0.05) is 6.58 Å². The molecule has 0 aliphatic rings. The third-order valence-electron chi connectivity index (χ3n) is 0.601. The molecule has 0 aromatic carbocycles. The first-order valence-electron chi connectivity index (χ1n) is 2.58. The van der Waals surface area contributed by atoms with E-state index in [9.17, 15) is 0 Å². The van der Waals surface area contributed by atoms with Gasteiger partial charge >= 0.3 is 0 Å². The Kier molecular flexibility index (Phi) is 4.60. The third kappa shape index (κ3) is 4.88. The van der Waals surface area contributed by atoms with Crippen molar-refractivity contribution >= 4 is 0 Å². The van der Waals surface area contributed by atoms with E-state index >= 15 is 0 Å². The zero-order valence-corrected chi connectivity index (χ0v) is 5.68. The molecule has 0 saturated carbocycles. The third-order valence-corrected chi connectivity index (χ3v) is 0.601. The van der Waals surface area contributed by atoms with Gasteiger partial charge in [-0.2, -0.15) is 4.89 Å². The van der Waals surface area contributed by atoms with Gasteiger partial charge in [0.15, 0.2) is 5.76 Å². The molecule has 0 radical (unpaired) electrons. The van der Waals surface area contributed by atoms with Crippen molar-refractivity contribution in [3.05, 3.63) is 30.2 Å². The largest absolute Gasteiger partial charge is 0.338 e. The molecule has 0 amide bonds. The lowest BCUT2D eigenvalue weighted by atomic mass is 10.5. The summed E-state index contributed by atoms with van der Waals surface area (Å²) in [6.45, 7) is 5.35. The summed E-state index contributed by atoms with van der Waals surface area (Å²) in [4.78, 5) is 8.83. The second kappa shape index (κ2) is 5.16. The molecule has 2 nitrogen and oxygen atoms in total. The van der Waals surface area contributed by atoms with Gasteiger partial charge in [0.25, 0.3) is 0 Å². The first kappa shape index (κ1) is 8.02. The van der Waals surface area contributed by atoms with Crippen molar-refractivity contribution in [3.63, 3.8) is 0 Å². The predicted octanol–water partition coefficient (Wildman–Crippen LogP) is 1.81. The van der Waals surface area contributed by atoms with Gasteiger partial charge in [-0.15, -0.1) is 5.73 Å². The molecule has 9 heavy (non-hydrogen) atoms. The Hall–Kier alpha value is -0.980. The van der Waals surface area contributed by atoms with Gasteiger partial charge in [0.2, 0.25) is 0 Å². The number of rotatable bonds is 3. The summed E-state index contributed by atoms with van der Waals surface area (Å²) >= 11 is 0. The molecule has 0 aromatic rings. The van der Waals surface area contributed by atoms with Gasteiger partial charge in [0, 0.05) is 6.08 Å². The van der Waals surface area contributed by atoms with Crippen LogP contribution in [-0.4, -0.2) is 7.11 Å². The zero-order chi connectivity index (χ0) is 7.11. The normalized spacial score (nSPS) is 7.33. The molecule has 0 atom stereocenters. The van der Waals surface area contributed by atoms with E-state index < -0.39 is 0 Å². The highest BCUT2D eigenvalue weighted by Gasteiger charge is 1.81. The molecule has 0 heterocycles. The van der Waals surface area contributed by atoms with Gasteiger partial charge in [-0.3, -0.25) is 0 Å². The molecule has 50 valence electrons. The molecule has 0 N–H and O–H groups in total. The van der Waals surface area contributed by atoms with Gasteiger partial charge in [-0.05, 0) is 13.0 Å². The molecule has 0 saturated heterocycles. The average molecular weight is 126 g/mol. The molecule has 0 aromatic heterocycles. The van der Waals surface area contributed by atoms with Crippen molar-refractivity contribution in [2.24, 2.45) is 0 Å². The summed E-state index contributed by atoms with van der Waals surface area (Å²) < 4.78 is 0. The molecule has 0 aliphatic heterocycles. The Labute approximate surface area is 55.0 Å². The molecule has 0 unspecified atom stereocenters. The van der Waals surface area contributed by atoms with Gasteiger partial charge in [0.1, 0.15) is 0 Å². The van der Waals surface area contributed by atoms with Crippen LogP contribution in [0.15, 0.2) is 30.2 Å². The van der Waals surface area contributed by atoms with Crippen LogP contribution in [0, 0.1) is 0 Å². The van der Waals surface area contributed by atoms with Crippen LogP contribution < -0.4 is 0 Å². The maximum atomic E-state index is 4.51. The average Bonchev–Trinajstić information content (AvgIpc) is 1.85. The number of allylic oxidation sites excluding steroid dienone is 1. The SMILES string of the molecule is C=C(C=C=CC)OOC. The second-order valence-electron chi connectivity index (χ2n) is 1.32. The fraction of sp³-hybridized carbons (Fsp3) is 0.286. The van der Waals surface area contributed by atoms with Crippen molar-refractivity contribution in [1.82, 2.24) is 0 Å². The highest BCUT2D eigenvalue weighted by Crippen LogP contribution is 1.92. The summed E-state index contributed by atoms with van der Waals surface area (Å²) in [6, 6.07) is 0. The minimum absolute atomic E-state index is 0.440. The van der Waals surface area contributed by atoms with Crippen molar-refractivity contribution in [1.29, 1.82) is 0 Å². The Morgan fingerprint density at radius 3 is 2.78 bits per heavy atom. The molecule has 0 aliphatic carbocycles. The smallest absolute Gasteiger partial charge is 0.165 e. The lowest BCUT2D eigenvalue weighted by molar-refractivity contribution is -0.232. The van der Waals surface area contributed by atoms with Crippen molar-refractivity contribution in [2.45, 2.75) is 6.92 Å². The number of hydrogen-bond donors (Lipinski definition) is 0. The maximum absolute atomic E-state index is 4.51. The molecule has 0 rings (SSSR count). The predicted molar refractivity (Wildman–Crippen MR) is 35.6 cm³/mol. The van der Waals surface area contributed by atoms with Crippen molar-refractivity contribution in [3.8, 4) is 0 Å². The topological polar surface area (TPSA) is 18.5 Å². The van der Waals surface area contributed by atoms with E-state index in [0.29, 0.717) is 5.76 Å². The van der Waals surface area contributed by atoms with Crippen LogP contribution in [0.2, 0.25) is 0 Å². The Bertz CT molecular complexity index is 141. The molecule has 0 fully saturated rings. The monoisotopic (exact) mass is 126 g/mol. The van der Waals surface area contributed by atoms with Crippen LogP contribution in [-0.2, 0) is 9.78 Å². The molecular weight excluding hydrogens is 116 g/mol. The minimum atomic E-state index is 0.440. The van der Waals surface area contributed by atoms with E-state index in [1.54, 1.807) is 12.2 Å². The maximum Gasteiger partial charge on any atom is 0.165 e. The van der Waals surface area contributed by atoms with Crippen LogP contribution >= 0.6 is 0 Å². The first-order valence-corrected chi connectivity index (χ1v) is 2.58. The standard InChI is InChI=1S/C7H10O2/c1-4-5-6-7(2)9-8-3/h4,6H,2H2,1,3H3. The van der Waals surface area contributed by atoms with E-state index in [1.807, 2.05) is 6.92 Å². The summed E-state index contributed by atoms with van der Waals surface area (Å²) in [5, 5.41) is 0. The molecule has 0 spiro atoms. The van der Waals surface area contributed by atoms with Crippen LogP contribution in [0.25, 0.3) is 0 Å². The summed E-state index contributed by atoms with van der Waals surface area (Å²) in [5.41, 5.74) is 2.78. The van der Waals surface area contributed by atoms with Crippen LogP contribution in [0.1, 0.15) is 6.92 Å². The van der Waals surface area contributed by atoms with Crippen molar-refractivity contribution in [2.75, 3.05) is 7.11 Å². The first-order chi connectivity index (χ1) is 4.31. The lowest BCUT2D eigenvalue weighted by Crippen LogP contribution is -1.83. The van der Waals surface area contributed by atoms with E-state index in [1.165, 1.54) is 7.11 Å². The summed E-state index contributed by atoms with van der Waals surface area (Å²) in [5.74, 6) is 0.440. The van der Waals surface area contributed by atoms with Crippen LogP contribution in [0.5, 0.6) is 0 Å². The highest BCUT2D eigenvalue weighted by molar-refractivity contribution is 5.05. The lowest BCUT2D eigenvalue weighted by Gasteiger charge is -1.94. The Morgan fingerprint density at radius 1 is 1.67 bits per heavy atom. The fourth-order valence-corrected chi connectivity index (χ4v) is 0.307. The molecule has 2 heteroatoms. The van der Waals surface area contributed by atoms with E-state index in [2.05, 4.69) is 22.1 Å². The van der Waals surface area contributed by atoms with Crippen LogP contribution in [0.4, 0.5) is 0 Å². The second-order valence-corrected chi connectivity index (χ2v) is 1.32. The fourth-order valence-electron chi connectivity index (χ4n) is 0.307. The quantitative estimate of drug-likeness (QED) is 0.189. The zero-order valence-electron chi connectivity index (χ0n) is 5.68. The van der Waals surface area contributed by atoms with Crippen molar-refractivity contribution < 1.29 is 9.78 Å². The number of hydrogen-bond acceptors (Lipinski definition) is 2. The van der Waals surface area contributed by atoms with Crippen LogP contribution in [0.3, 0.4) is 0 Å². The van der Waals surface area contributed by atoms with E-state index in [0.717, 1.165) is 0 Å². The highest BCUT2D eigenvalue weighted by atomic mass is 17.2. The Balaban J connectivity index is 3.63. The molecular formula is C7H10O2. The van der Waals surface area contributed by atoms with Gasteiger partial charge in [-0.25, -0.2) is 0 Å². The van der Waals surface area contributed by atoms with E-state index in [-0.39, 0.29) is 0 Å². The summed E-state index contributed by atoms with van der Waals surface area (Å²) in [6.07, 6.45) is 3.34. The minimum Gasteiger partial charge on any atom is -0.338 e. The summed E-state index contributed by atoms with van der Waals surface area (Å²) in [7, 11) is 1.43. The Morgan fingerprint density at radius 2 is 2.33 bits per heavy atom. The van der Waals surface area contributed by atoms with E-state index in [4.69, 9.17) is 0 Å². The van der Waals surface area contributed by atoms with Gasteiger partial charge in [0.05, 0.1) is 7.11 Å². The molecule has 0 bridgehead atoms.